The van der Waals surface area contributed by atoms with Crippen molar-refractivity contribution in [1.29, 1.82) is 0 Å². The number of nitrogens with zero attached hydrogens (tertiary/aromatic N) is 5. The minimum absolute atomic E-state index is 0.206. The van der Waals surface area contributed by atoms with E-state index in [0.29, 0.717) is 0 Å². The number of aryl methyl sites for hydroxylation is 2. The van der Waals surface area contributed by atoms with E-state index in [2.05, 4.69) is 15.5 Å². The third-order valence-corrected chi connectivity index (χ3v) is 5.65. The van der Waals surface area contributed by atoms with Gasteiger partial charge in [-0.1, -0.05) is 18.2 Å². The van der Waals surface area contributed by atoms with Crippen LogP contribution in [-0.4, -0.2) is 47.7 Å². The maximum Gasteiger partial charge on any atom is 0.179 e. The summed E-state index contributed by atoms with van der Waals surface area (Å²) in [6.07, 6.45) is 0.543. The summed E-state index contributed by atoms with van der Waals surface area (Å²) in [5, 5.41) is 17.7. The number of fused-ring (bicyclic) bond motifs is 1. The molecule has 2 aromatic carbocycles. The minimum Gasteiger partial charge on any atom is -0.486 e. The molecule has 2 heterocycles. The molecular formula is C25H29FN6O. The SMILES string of the molecule is CNCCC(Oc1cccc(-n2nc3c(N(C)C)nnc(C)c3c2C)c1)c1ccc(F)cc1. The summed E-state index contributed by atoms with van der Waals surface area (Å²) in [5.74, 6) is 1.19. The van der Waals surface area contributed by atoms with Gasteiger partial charge < -0.3 is 15.0 Å². The van der Waals surface area contributed by atoms with Crippen LogP contribution in [0.15, 0.2) is 48.5 Å². The molecule has 0 aliphatic heterocycles. The smallest absolute Gasteiger partial charge is 0.179 e. The van der Waals surface area contributed by atoms with Gasteiger partial charge in [0.2, 0.25) is 0 Å². The second-order valence-corrected chi connectivity index (χ2v) is 8.27. The van der Waals surface area contributed by atoms with Crippen molar-refractivity contribution >= 4 is 16.7 Å². The maximum absolute atomic E-state index is 13.4. The van der Waals surface area contributed by atoms with Crippen LogP contribution in [0.5, 0.6) is 5.75 Å². The predicted molar refractivity (Wildman–Crippen MR) is 129 cm³/mol. The van der Waals surface area contributed by atoms with Crippen LogP contribution in [0.1, 0.15) is 29.5 Å². The molecular weight excluding hydrogens is 419 g/mol. The first-order valence-corrected chi connectivity index (χ1v) is 11.0. The van der Waals surface area contributed by atoms with Crippen LogP contribution in [0.25, 0.3) is 16.6 Å². The molecule has 0 aliphatic rings. The van der Waals surface area contributed by atoms with E-state index in [-0.39, 0.29) is 11.9 Å². The first-order chi connectivity index (χ1) is 15.9. The normalized spacial score (nSPS) is 12.2. The summed E-state index contributed by atoms with van der Waals surface area (Å²) in [4.78, 5) is 1.92. The van der Waals surface area contributed by atoms with E-state index in [0.717, 1.165) is 58.1 Å². The lowest BCUT2D eigenvalue weighted by atomic mass is 10.1. The number of aromatic nitrogens is 4. The zero-order valence-corrected chi connectivity index (χ0v) is 19.6. The first-order valence-electron chi connectivity index (χ1n) is 11.0. The molecule has 172 valence electrons. The van der Waals surface area contributed by atoms with E-state index in [4.69, 9.17) is 9.84 Å². The van der Waals surface area contributed by atoms with E-state index >= 15 is 0 Å². The molecule has 8 heteroatoms. The first kappa shape index (κ1) is 22.7. The molecule has 2 aromatic heterocycles. The fraction of sp³-hybridized carbons (Fsp3) is 0.320. The zero-order chi connectivity index (χ0) is 23.5. The summed E-state index contributed by atoms with van der Waals surface area (Å²) in [6.45, 7) is 4.76. The van der Waals surface area contributed by atoms with E-state index in [1.165, 1.54) is 12.1 Å². The number of nitrogens with one attached hydrogen (secondary N) is 1. The lowest BCUT2D eigenvalue weighted by molar-refractivity contribution is 0.195. The Labute approximate surface area is 193 Å². The third-order valence-electron chi connectivity index (χ3n) is 5.65. The molecule has 0 saturated heterocycles. The van der Waals surface area contributed by atoms with Crippen molar-refractivity contribution in [3.05, 3.63) is 71.3 Å². The van der Waals surface area contributed by atoms with Crippen molar-refractivity contribution in [1.82, 2.24) is 25.3 Å². The summed E-state index contributed by atoms with van der Waals surface area (Å²) >= 11 is 0. The molecule has 0 saturated carbocycles. The molecule has 0 radical (unpaired) electrons. The Morgan fingerprint density at radius 1 is 1.09 bits per heavy atom. The molecule has 1 N–H and O–H groups in total. The molecule has 4 rings (SSSR count). The Hall–Kier alpha value is -3.52. The van der Waals surface area contributed by atoms with E-state index in [1.807, 2.05) is 68.8 Å². The monoisotopic (exact) mass is 448 g/mol. The van der Waals surface area contributed by atoms with Gasteiger partial charge in [0.25, 0.3) is 0 Å². The van der Waals surface area contributed by atoms with Crippen molar-refractivity contribution < 1.29 is 9.13 Å². The van der Waals surface area contributed by atoms with Gasteiger partial charge >= 0.3 is 0 Å². The quantitative estimate of drug-likeness (QED) is 0.432. The van der Waals surface area contributed by atoms with Gasteiger partial charge in [-0.3, -0.25) is 0 Å². The van der Waals surface area contributed by atoms with Crippen molar-refractivity contribution in [3.8, 4) is 11.4 Å². The van der Waals surface area contributed by atoms with Gasteiger partial charge in [-0.25, -0.2) is 9.07 Å². The average Bonchev–Trinajstić information content (AvgIpc) is 3.15. The van der Waals surface area contributed by atoms with Crippen LogP contribution in [0, 0.1) is 19.7 Å². The number of rotatable bonds is 8. The fourth-order valence-electron chi connectivity index (χ4n) is 3.96. The van der Waals surface area contributed by atoms with Crippen molar-refractivity contribution in [3.63, 3.8) is 0 Å². The molecule has 1 unspecified atom stereocenters. The standard InChI is InChI=1S/C25H29FN6O/c1-16-23-17(2)32(30-24(23)25(29-28-16)31(4)5)20-7-6-8-21(15-20)33-22(13-14-27-3)18-9-11-19(26)12-10-18/h6-12,15,22,27H,13-14H2,1-5H3. The summed E-state index contributed by atoms with van der Waals surface area (Å²) in [6, 6.07) is 14.3. The zero-order valence-electron chi connectivity index (χ0n) is 19.6. The maximum atomic E-state index is 13.4. The highest BCUT2D eigenvalue weighted by Crippen LogP contribution is 2.30. The number of anilines is 1. The second-order valence-electron chi connectivity index (χ2n) is 8.27. The predicted octanol–water partition coefficient (Wildman–Crippen LogP) is 4.37. The van der Waals surface area contributed by atoms with E-state index in [9.17, 15) is 4.39 Å². The van der Waals surface area contributed by atoms with Gasteiger partial charge in [-0.15, -0.1) is 5.10 Å². The van der Waals surface area contributed by atoms with Gasteiger partial charge in [0, 0.05) is 26.6 Å². The molecule has 0 bridgehead atoms. The topological polar surface area (TPSA) is 68.1 Å². The molecule has 7 nitrogen and oxygen atoms in total. The van der Waals surface area contributed by atoms with Gasteiger partial charge in [0.1, 0.15) is 23.2 Å². The average molecular weight is 449 g/mol. The minimum atomic E-state index is -0.259. The lowest BCUT2D eigenvalue weighted by Crippen LogP contribution is -2.16. The van der Waals surface area contributed by atoms with Gasteiger partial charge in [0.05, 0.1) is 22.5 Å². The molecule has 4 aromatic rings. The number of benzene rings is 2. The summed E-state index contributed by atoms with van der Waals surface area (Å²) < 4.78 is 21.7. The number of halogens is 1. The van der Waals surface area contributed by atoms with E-state index in [1.54, 1.807) is 12.1 Å². The van der Waals surface area contributed by atoms with E-state index < -0.39 is 0 Å². The highest BCUT2D eigenvalue weighted by molar-refractivity contribution is 5.92. The van der Waals surface area contributed by atoms with Gasteiger partial charge in [-0.05, 0) is 57.3 Å². The Bertz CT molecular complexity index is 1250. The van der Waals surface area contributed by atoms with Crippen LogP contribution in [0.4, 0.5) is 10.2 Å². The number of hydrogen-bond acceptors (Lipinski definition) is 6. The van der Waals surface area contributed by atoms with Crippen LogP contribution >= 0.6 is 0 Å². The molecule has 0 amide bonds. The molecule has 1 atom stereocenters. The highest BCUT2D eigenvalue weighted by Gasteiger charge is 2.19. The Morgan fingerprint density at radius 2 is 1.85 bits per heavy atom. The van der Waals surface area contributed by atoms with Crippen molar-refractivity contribution in [2.45, 2.75) is 26.4 Å². The van der Waals surface area contributed by atoms with Crippen molar-refractivity contribution in [2.75, 3.05) is 32.6 Å². The van der Waals surface area contributed by atoms with Crippen LogP contribution in [0.3, 0.4) is 0 Å². The van der Waals surface area contributed by atoms with Crippen LogP contribution < -0.4 is 15.0 Å². The largest absolute Gasteiger partial charge is 0.486 e. The summed E-state index contributed by atoms with van der Waals surface area (Å²) in [7, 11) is 5.77. The molecule has 0 spiro atoms. The molecule has 0 fully saturated rings. The Balaban J connectivity index is 1.71. The second kappa shape index (κ2) is 9.54. The third kappa shape index (κ3) is 4.66. The van der Waals surface area contributed by atoms with Gasteiger partial charge in [0.15, 0.2) is 5.82 Å². The molecule has 33 heavy (non-hydrogen) atoms. The molecule has 0 aliphatic carbocycles. The van der Waals surface area contributed by atoms with Gasteiger partial charge in [-0.2, -0.15) is 10.2 Å². The number of ether oxygens (including phenoxy) is 1. The number of hydrogen-bond donors (Lipinski definition) is 1. The fourth-order valence-corrected chi connectivity index (χ4v) is 3.96. The summed E-state index contributed by atoms with van der Waals surface area (Å²) in [5.41, 5.74) is 4.46. The lowest BCUT2D eigenvalue weighted by Gasteiger charge is -2.20. The van der Waals surface area contributed by atoms with Crippen molar-refractivity contribution in [2.24, 2.45) is 0 Å². The van der Waals surface area contributed by atoms with Crippen LogP contribution in [-0.2, 0) is 0 Å². The van der Waals surface area contributed by atoms with Crippen LogP contribution in [0.2, 0.25) is 0 Å². The highest BCUT2D eigenvalue weighted by atomic mass is 19.1. The Morgan fingerprint density at radius 3 is 2.55 bits per heavy atom. The Kier molecular flexibility index (Phi) is 6.55.